The molecule has 1 radical (unpaired) electrons. The predicted molar refractivity (Wildman–Crippen MR) is 171 cm³/mol. The van der Waals surface area contributed by atoms with Gasteiger partial charge in [-0.15, -0.1) is 0 Å². The monoisotopic (exact) mass is 681 g/mol. The van der Waals surface area contributed by atoms with Gasteiger partial charge in [0.15, 0.2) is 11.4 Å². The Morgan fingerprint density at radius 2 is 0.769 bits per heavy atom. The normalized spacial score (nSPS) is 13.3. The van der Waals surface area contributed by atoms with Gasteiger partial charge in [-0.05, 0) is 111 Å². The molecule has 0 aliphatic rings. The van der Waals surface area contributed by atoms with Crippen molar-refractivity contribution in [3.63, 3.8) is 0 Å². The van der Waals surface area contributed by atoms with Crippen LogP contribution in [0.5, 0.6) is 23.0 Å². The molecule has 0 N–H and O–H groups in total. The van der Waals surface area contributed by atoms with Crippen molar-refractivity contribution >= 4 is 59.5 Å². The molecule has 4 aromatic rings. The molecule has 0 aromatic heterocycles. The first-order valence-electron chi connectivity index (χ1n) is 11.6. The van der Waals surface area contributed by atoms with E-state index in [9.17, 15) is 0 Å². The van der Waals surface area contributed by atoms with Crippen LogP contribution in [-0.4, -0.2) is 0 Å². The summed E-state index contributed by atoms with van der Waals surface area (Å²) < 4.78 is 22.5. The Balaban J connectivity index is 0.000000267. The van der Waals surface area contributed by atoms with E-state index in [1.54, 1.807) is 0 Å². The molecule has 0 saturated heterocycles. The van der Waals surface area contributed by atoms with Gasteiger partial charge in [0.05, 0.1) is 0 Å². The molecule has 11 heteroatoms. The van der Waals surface area contributed by atoms with E-state index >= 15 is 0 Å². The van der Waals surface area contributed by atoms with Gasteiger partial charge in [0.1, 0.15) is 23.0 Å². The molecule has 0 bridgehead atoms. The molecule has 0 fully saturated rings. The van der Waals surface area contributed by atoms with Gasteiger partial charge in [-0.3, -0.25) is 0 Å². The average Bonchev–Trinajstić information content (AvgIpc) is 2.82. The van der Waals surface area contributed by atoms with Crippen LogP contribution in [-0.2, 0) is 65.2 Å². The summed E-state index contributed by atoms with van der Waals surface area (Å²) in [6, 6.07) is 30.4. The van der Waals surface area contributed by atoms with Crippen LogP contribution >= 0.6 is 11.4 Å². The van der Waals surface area contributed by atoms with Gasteiger partial charge in [0.2, 0.25) is 0 Å². The molecule has 0 aliphatic carbocycles. The molecule has 4 nitrogen and oxygen atoms in total. The molecule has 0 heterocycles. The average molecular weight is 682 g/mol. The number of aryl methyl sites for hydroxylation is 4. The Morgan fingerprint density at radius 3 is 1.08 bits per heavy atom. The first-order chi connectivity index (χ1) is 17.9. The van der Waals surface area contributed by atoms with Gasteiger partial charge in [0.25, 0.3) is 0 Å². The largest absolute Gasteiger partial charge is 2.00 e. The summed E-state index contributed by atoms with van der Waals surface area (Å²) in [6.45, 7) is 7.99. The zero-order chi connectivity index (χ0) is 27.8. The third-order valence-corrected chi connectivity index (χ3v) is 8.42. The van der Waals surface area contributed by atoms with E-state index in [-0.39, 0.29) is 17.1 Å². The van der Waals surface area contributed by atoms with Crippen molar-refractivity contribution in [2.24, 2.45) is 0 Å². The quantitative estimate of drug-likeness (QED) is 0.104. The molecule has 2 unspecified atom stereocenters. The van der Waals surface area contributed by atoms with E-state index < -0.39 is 11.4 Å². The molecule has 4 rings (SSSR count). The molecule has 0 aliphatic heterocycles. The molecule has 0 amide bonds. The SMILES string of the molecule is Cc1ccc(OP(=S)([S-])Oc2cccc(C)c2)cc1.Cc1ccc(OP(=S)([S-])Oc2cccc(C)c2)cc1.[Cu+2]. The fourth-order valence-electron chi connectivity index (χ4n) is 3.10. The number of benzene rings is 4. The van der Waals surface area contributed by atoms with Crippen LogP contribution in [0.15, 0.2) is 97.1 Å². The molecule has 4 aromatic carbocycles. The van der Waals surface area contributed by atoms with Crippen molar-refractivity contribution < 1.29 is 35.2 Å². The standard InChI is InChI=1S/2C14H15O2PS2.Cu/c2*1-11-6-8-13(9-7-11)15-17(18,19)16-14-5-3-4-12(2)10-14;/h2*3-10H,1-2H3,(H,18,19);/q;;+2/p-2. The van der Waals surface area contributed by atoms with Crippen molar-refractivity contribution in [3.05, 3.63) is 119 Å². The fraction of sp³-hybridized carbons (Fsp3) is 0.143. The topological polar surface area (TPSA) is 36.9 Å². The summed E-state index contributed by atoms with van der Waals surface area (Å²) >= 11 is 21.1. The van der Waals surface area contributed by atoms with Crippen molar-refractivity contribution in [2.75, 3.05) is 0 Å². The van der Waals surface area contributed by atoms with Crippen molar-refractivity contribution in [1.82, 2.24) is 0 Å². The Hall–Kier alpha value is -1.40. The van der Waals surface area contributed by atoms with Crippen LogP contribution in [0.3, 0.4) is 0 Å². The molecule has 0 spiro atoms. The van der Waals surface area contributed by atoms with Gasteiger partial charge >= 0.3 is 17.1 Å². The van der Waals surface area contributed by atoms with E-state index in [1.165, 1.54) is 0 Å². The van der Waals surface area contributed by atoms with Crippen LogP contribution in [0.25, 0.3) is 0 Å². The first kappa shape index (κ1) is 33.8. The third kappa shape index (κ3) is 12.8. The zero-order valence-corrected chi connectivity index (χ0v) is 27.7. The first-order valence-corrected chi connectivity index (χ1v) is 18.9. The maximum absolute atomic E-state index is 5.64. The van der Waals surface area contributed by atoms with Crippen LogP contribution in [0, 0.1) is 27.7 Å². The zero-order valence-electron chi connectivity index (χ0n) is 21.7. The minimum atomic E-state index is -2.75. The van der Waals surface area contributed by atoms with Crippen LogP contribution < -0.4 is 18.1 Å². The summed E-state index contributed by atoms with van der Waals surface area (Å²) in [5.41, 5.74) is -1.00. The second-order valence-electron chi connectivity index (χ2n) is 8.52. The van der Waals surface area contributed by atoms with Gasteiger partial charge < -0.3 is 42.6 Å². The maximum Gasteiger partial charge on any atom is 2.00 e. The summed E-state index contributed by atoms with van der Waals surface area (Å²) in [5, 5.41) is 0. The number of hydrogen-bond acceptors (Lipinski definition) is 8. The smallest absolute Gasteiger partial charge is 0.665 e. The minimum Gasteiger partial charge on any atom is -0.665 e. The van der Waals surface area contributed by atoms with Gasteiger partial charge in [-0.25, -0.2) is 0 Å². The summed E-state index contributed by atoms with van der Waals surface area (Å²) in [6.07, 6.45) is 0. The maximum atomic E-state index is 5.64. The van der Waals surface area contributed by atoms with Gasteiger partial charge in [-0.2, -0.15) is 0 Å². The molecule has 209 valence electrons. The van der Waals surface area contributed by atoms with E-state index in [0.29, 0.717) is 23.0 Å². The summed E-state index contributed by atoms with van der Waals surface area (Å²) in [4.78, 5) is 0. The predicted octanol–water partition coefficient (Wildman–Crippen LogP) is 9.06. The Morgan fingerprint density at radius 1 is 0.462 bits per heavy atom. The van der Waals surface area contributed by atoms with Crippen molar-refractivity contribution in [1.29, 1.82) is 0 Å². The third-order valence-electron chi connectivity index (χ3n) is 4.89. The number of hydrogen-bond donors (Lipinski definition) is 0. The number of rotatable bonds is 8. The molecule has 2 atom stereocenters. The van der Waals surface area contributed by atoms with Gasteiger partial charge in [-0.1, -0.05) is 59.7 Å². The van der Waals surface area contributed by atoms with Crippen molar-refractivity contribution in [2.45, 2.75) is 27.7 Å². The fourth-order valence-corrected chi connectivity index (χ4v) is 6.74. The molecular formula is C28H28CuO4P2S4. The Kier molecular flexibility index (Phi) is 13.5. The van der Waals surface area contributed by atoms with Gasteiger partial charge in [0, 0.05) is 0 Å². The van der Waals surface area contributed by atoms with E-state index in [4.69, 9.17) is 66.2 Å². The summed E-state index contributed by atoms with van der Waals surface area (Å²) in [7, 11) is 0. The Labute approximate surface area is 263 Å². The summed E-state index contributed by atoms with van der Waals surface area (Å²) in [5.74, 6) is 2.61. The second kappa shape index (κ2) is 15.6. The van der Waals surface area contributed by atoms with E-state index in [1.807, 2.05) is 125 Å². The molecule has 0 saturated carbocycles. The van der Waals surface area contributed by atoms with Crippen LogP contribution in [0.1, 0.15) is 22.3 Å². The second-order valence-corrected chi connectivity index (χ2v) is 18.2. The van der Waals surface area contributed by atoms with E-state index in [0.717, 1.165) is 22.3 Å². The Bertz CT molecular complexity index is 1340. The van der Waals surface area contributed by atoms with Crippen LogP contribution in [0.4, 0.5) is 0 Å². The van der Waals surface area contributed by atoms with Crippen molar-refractivity contribution in [3.8, 4) is 23.0 Å². The minimum absolute atomic E-state index is 0. The van der Waals surface area contributed by atoms with Crippen LogP contribution in [0.2, 0.25) is 0 Å². The molecule has 39 heavy (non-hydrogen) atoms. The molecular weight excluding hydrogens is 654 g/mol. The van der Waals surface area contributed by atoms with E-state index in [2.05, 4.69) is 0 Å².